The van der Waals surface area contributed by atoms with Gasteiger partial charge in [-0.25, -0.2) is 4.98 Å². The summed E-state index contributed by atoms with van der Waals surface area (Å²) in [5.74, 6) is 1.65. The summed E-state index contributed by atoms with van der Waals surface area (Å²) in [5.41, 5.74) is 0.309. The molecule has 1 heterocycles. The molecule has 0 spiro atoms. The number of nitrogens with one attached hydrogen (secondary N) is 1. The van der Waals surface area contributed by atoms with Gasteiger partial charge in [-0.3, -0.25) is 0 Å². The number of rotatable bonds is 5. The second-order valence-electron chi connectivity index (χ2n) is 5.46. The summed E-state index contributed by atoms with van der Waals surface area (Å²) < 4.78 is 0. The van der Waals surface area contributed by atoms with E-state index in [0.29, 0.717) is 5.54 Å². The maximum Gasteiger partial charge on any atom is 0.226 e. The second kappa shape index (κ2) is 5.10. The first-order valence-electron chi connectivity index (χ1n) is 6.45. The Labute approximate surface area is 109 Å². The maximum absolute atomic E-state index is 4.48. The van der Waals surface area contributed by atoms with E-state index in [1.807, 2.05) is 25.1 Å². The highest BCUT2D eigenvalue weighted by molar-refractivity contribution is 5.40. The molecule has 1 aliphatic carbocycles. The molecule has 1 saturated carbocycles. The van der Waals surface area contributed by atoms with Gasteiger partial charge in [-0.15, -0.1) is 0 Å². The third kappa shape index (κ3) is 2.56. The van der Waals surface area contributed by atoms with Crippen molar-refractivity contribution < 1.29 is 0 Å². The number of nitrogens with zero attached hydrogens (tertiary/aromatic N) is 4. The molecule has 1 aromatic heterocycles. The zero-order chi connectivity index (χ0) is 13.2. The third-order valence-corrected chi connectivity index (χ3v) is 3.87. The van der Waals surface area contributed by atoms with E-state index in [1.165, 1.54) is 19.3 Å². The molecule has 0 unspecified atom stereocenters. The minimum Gasteiger partial charge on any atom is -0.368 e. The van der Waals surface area contributed by atoms with Crippen molar-refractivity contribution in [3.05, 3.63) is 12.3 Å². The van der Waals surface area contributed by atoms with Gasteiger partial charge in [0.25, 0.3) is 0 Å². The molecule has 1 fully saturated rings. The van der Waals surface area contributed by atoms with Crippen molar-refractivity contribution in [1.29, 1.82) is 0 Å². The normalized spacial score (nSPS) is 17.4. The van der Waals surface area contributed by atoms with Crippen LogP contribution in [-0.2, 0) is 0 Å². The Balaban J connectivity index is 1.99. The van der Waals surface area contributed by atoms with Gasteiger partial charge in [-0.2, -0.15) is 4.98 Å². The van der Waals surface area contributed by atoms with E-state index in [9.17, 15) is 0 Å². The lowest BCUT2D eigenvalue weighted by Gasteiger charge is -2.47. The molecule has 0 amide bonds. The molecule has 5 heteroatoms. The lowest BCUT2D eigenvalue weighted by molar-refractivity contribution is 0.0738. The maximum atomic E-state index is 4.48. The van der Waals surface area contributed by atoms with Crippen LogP contribution in [0.4, 0.5) is 11.8 Å². The van der Waals surface area contributed by atoms with Gasteiger partial charge in [0.05, 0.1) is 0 Å². The summed E-state index contributed by atoms with van der Waals surface area (Å²) in [6, 6.07) is 1.93. The molecule has 2 rings (SSSR count). The van der Waals surface area contributed by atoms with Gasteiger partial charge in [0.1, 0.15) is 5.82 Å². The van der Waals surface area contributed by atoms with E-state index in [4.69, 9.17) is 0 Å². The number of aromatic nitrogens is 2. The van der Waals surface area contributed by atoms with Crippen LogP contribution in [0.25, 0.3) is 0 Å². The summed E-state index contributed by atoms with van der Waals surface area (Å²) in [6.45, 7) is 0.948. The highest BCUT2D eigenvalue weighted by atomic mass is 15.2. The zero-order valence-corrected chi connectivity index (χ0v) is 11.8. The van der Waals surface area contributed by atoms with Gasteiger partial charge in [-0.05, 0) is 39.4 Å². The van der Waals surface area contributed by atoms with Crippen LogP contribution < -0.4 is 10.2 Å². The molecule has 1 aromatic rings. The standard InChI is InChI=1S/C13H23N5/c1-17(2)12-14-9-6-11(16-12)15-10-13(18(3)4)7-5-8-13/h6,9H,5,7-8,10H2,1-4H3,(H,14,15,16). The van der Waals surface area contributed by atoms with Gasteiger partial charge >= 0.3 is 0 Å². The molecular formula is C13H23N5. The zero-order valence-electron chi connectivity index (χ0n) is 11.8. The summed E-state index contributed by atoms with van der Waals surface area (Å²) >= 11 is 0. The van der Waals surface area contributed by atoms with Crippen molar-refractivity contribution in [3.8, 4) is 0 Å². The highest BCUT2D eigenvalue weighted by Crippen LogP contribution is 2.36. The van der Waals surface area contributed by atoms with Crippen LogP contribution in [-0.4, -0.2) is 55.1 Å². The Bertz CT molecular complexity index is 398. The van der Waals surface area contributed by atoms with E-state index < -0.39 is 0 Å². The van der Waals surface area contributed by atoms with Crippen LogP contribution in [0.15, 0.2) is 12.3 Å². The minimum absolute atomic E-state index is 0.309. The summed E-state index contributed by atoms with van der Waals surface area (Å²) in [5, 5.41) is 3.44. The van der Waals surface area contributed by atoms with Crippen LogP contribution in [0.3, 0.4) is 0 Å². The number of hydrogen-bond donors (Lipinski definition) is 1. The number of anilines is 2. The fourth-order valence-corrected chi connectivity index (χ4v) is 2.28. The first-order chi connectivity index (χ1) is 8.53. The van der Waals surface area contributed by atoms with Crippen molar-refractivity contribution >= 4 is 11.8 Å². The van der Waals surface area contributed by atoms with Gasteiger partial charge < -0.3 is 15.1 Å². The smallest absolute Gasteiger partial charge is 0.226 e. The Morgan fingerprint density at radius 1 is 1.28 bits per heavy atom. The molecule has 0 radical (unpaired) electrons. The third-order valence-electron chi connectivity index (χ3n) is 3.87. The first-order valence-corrected chi connectivity index (χ1v) is 6.45. The molecule has 5 nitrogen and oxygen atoms in total. The summed E-state index contributed by atoms with van der Waals surface area (Å²) in [6.07, 6.45) is 5.65. The average molecular weight is 249 g/mol. The molecule has 1 aliphatic rings. The molecule has 0 bridgehead atoms. The van der Waals surface area contributed by atoms with Crippen LogP contribution >= 0.6 is 0 Å². The van der Waals surface area contributed by atoms with Crippen LogP contribution in [0.5, 0.6) is 0 Å². The van der Waals surface area contributed by atoms with Crippen molar-refractivity contribution in [2.45, 2.75) is 24.8 Å². The molecule has 1 N–H and O–H groups in total. The second-order valence-corrected chi connectivity index (χ2v) is 5.46. The van der Waals surface area contributed by atoms with Crippen LogP contribution in [0.2, 0.25) is 0 Å². The molecule has 0 atom stereocenters. The molecular weight excluding hydrogens is 226 g/mol. The van der Waals surface area contributed by atoms with Gasteiger partial charge in [0.15, 0.2) is 0 Å². The Morgan fingerprint density at radius 3 is 2.50 bits per heavy atom. The molecule has 18 heavy (non-hydrogen) atoms. The van der Waals surface area contributed by atoms with E-state index in [1.54, 1.807) is 6.20 Å². The first kappa shape index (κ1) is 13.1. The fourth-order valence-electron chi connectivity index (χ4n) is 2.28. The molecule has 0 aliphatic heterocycles. The molecule has 0 saturated heterocycles. The van der Waals surface area contributed by atoms with Crippen LogP contribution in [0.1, 0.15) is 19.3 Å². The van der Waals surface area contributed by atoms with Gasteiger partial charge in [-0.1, -0.05) is 0 Å². The number of hydrogen-bond acceptors (Lipinski definition) is 5. The number of likely N-dealkylation sites (N-methyl/N-ethyl adjacent to an activating group) is 1. The van der Waals surface area contributed by atoms with E-state index in [0.717, 1.165) is 18.3 Å². The Morgan fingerprint density at radius 2 is 2.00 bits per heavy atom. The SMILES string of the molecule is CN(C)c1nccc(NCC2(N(C)C)CCC2)n1. The van der Waals surface area contributed by atoms with Crippen molar-refractivity contribution in [1.82, 2.24) is 14.9 Å². The van der Waals surface area contributed by atoms with Gasteiger partial charge in [0, 0.05) is 32.4 Å². The van der Waals surface area contributed by atoms with E-state index >= 15 is 0 Å². The predicted molar refractivity (Wildman–Crippen MR) is 75.1 cm³/mol. The largest absolute Gasteiger partial charge is 0.368 e. The average Bonchev–Trinajstić information content (AvgIpc) is 2.27. The lowest BCUT2D eigenvalue weighted by Crippen LogP contribution is -2.54. The quantitative estimate of drug-likeness (QED) is 0.855. The van der Waals surface area contributed by atoms with Crippen molar-refractivity contribution in [2.24, 2.45) is 0 Å². The Kier molecular flexibility index (Phi) is 3.71. The van der Waals surface area contributed by atoms with Crippen molar-refractivity contribution in [2.75, 3.05) is 45.0 Å². The minimum atomic E-state index is 0.309. The van der Waals surface area contributed by atoms with E-state index in [-0.39, 0.29) is 0 Å². The highest BCUT2D eigenvalue weighted by Gasteiger charge is 2.38. The summed E-state index contributed by atoms with van der Waals surface area (Å²) in [4.78, 5) is 12.9. The Hall–Kier alpha value is -1.36. The lowest BCUT2D eigenvalue weighted by atomic mass is 9.75. The molecule has 0 aromatic carbocycles. The predicted octanol–water partition coefficient (Wildman–Crippen LogP) is 1.44. The van der Waals surface area contributed by atoms with Crippen molar-refractivity contribution in [3.63, 3.8) is 0 Å². The van der Waals surface area contributed by atoms with Crippen LogP contribution in [0, 0.1) is 0 Å². The summed E-state index contributed by atoms with van der Waals surface area (Å²) in [7, 11) is 8.22. The van der Waals surface area contributed by atoms with Gasteiger partial charge in [0.2, 0.25) is 5.95 Å². The monoisotopic (exact) mass is 249 g/mol. The fraction of sp³-hybridized carbons (Fsp3) is 0.692. The molecule has 100 valence electrons. The topological polar surface area (TPSA) is 44.3 Å². The van der Waals surface area contributed by atoms with E-state index in [2.05, 4.69) is 34.3 Å².